The second-order valence-corrected chi connectivity index (χ2v) is 9.12. The van der Waals surface area contributed by atoms with E-state index in [1.165, 1.54) is 11.0 Å². The number of nitrogens with two attached hydrogens (primary N) is 1. The Morgan fingerprint density at radius 2 is 1.97 bits per heavy atom. The molecule has 1 unspecified atom stereocenters. The van der Waals surface area contributed by atoms with Crippen LogP contribution in [0.2, 0.25) is 0 Å². The van der Waals surface area contributed by atoms with Gasteiger partial charge in [0.25, 0.3) is 5.91 Å². The molecule has 176 valence electrons. The maximum absolute atomic E-state index is 12.9. The summed E-state index contributed by atoms with van der Waals surface area (Å²) in [7, 11) is 0. The van der Waals surface area contributed by atoms with Gasteiger partial charge in [0.05, 0.1) is 6.54 Å². The molecule has 0 aromatic heterocycles. The van der Waals surface area contributed by atoms with Crippen molar-refractivity contribution in [1.29, 1.82) is 0 Å². The normalized spacial score (nSPS) is 22.3. The second kappa shape index (κ2) is 9.74. The molecule has 33 heavy (non-hydrogen) atoms. The van der Waals surface area contributed by atoms with Gasteiger partial charge in [-0.15, -0.1) is 0 Å². The molecule has 0 aliphatic carbocycles. The zero-order valence-corrected chi connectivity index (χ0v) is 18.8. The number of imide groups is 1. The lowest BCUT2D eigenvalue weighted by Crippen LogP contribution is -2.52. The number of rotatable bonds is 7. The lowest BCUT2D eigenvalue weighted by atomic mass is 9.99. The number of hydrogen-bond acceptors (Lipinski definition) is 7. The Labute approximate surface area is 192 Å². The fraction of sp³-hybridized carbons (Fsp3) is 0.500. The quantitative estimate of drug-likeness (QED) is 0.465. The number of piperidine rings is 2. The van der Waals surface area contributed by atoms with Gasteiger partial charge in [-0.05, 0) is 50.4 Å². The van der Waals surface area contributed by atoms with Gasteiger partial charge in [-0.25, -0.2) is 0 Å². The van der Waals surface area contributed by atoms with Crippen molar-refractivity contribution in [3.8, 4) is 5.75 Å². The average Bonchev–Trinajstić information content (AvgIpc) is 3.11. The summed E-state index contributed by atoms with van der Waals surface area (Å²) in [5.41, 5.74) is 7.66. The molecule has 1 atom stereocenters. The number of nitrogens with zero attached hydrogens (tertiary/aromatic N) is 2. The van der Waals surface area contributed by atoms with Crippen molar-refractivity contribution >= 4 is 23.5 Å². The molecular formula is C24H30N4O5. The molecule has 1 aromatic carbocycles. The monoisotopic (exact) mass is 454 g/mol. The van der Waals surface area contributed by atoms with Crippen molar-refractivity contribution in [2.45, 2.75) is 45.2 Å². The van der Waals surface area contributed by atoms with Gasteiger partial charge in [-0.1, -0.05) is 13.0 Å². The van der Waals surface area contributed by atoms with E-state index in [1.807, 2.05) is 0 Å². The van der Waals surface area contributed by atoms with Crippen LogP contribution < -0.4 is 15.8 Å². The number of carbonyl (C=O) groups is 4. The number of ketones is 1. The highest BCUT2D eigenvalue weighted by atomic mass is 16.5. The predicted octanol–water partition coefficient (Wildman–Crippen LogP) is 0.970. The zero-order chi connectivity index (χ0) is 23.5. The molecule has 3 aliphatic rings. The molecule has 2 saturated heterocycles. The number of amides is 3. The van der Waals surface area contributed by atoms with E-state index >= 15 is 0 Å². The summed E-state index contributed by atoms with van der Waals surface area (Å²) in [6.45, 7) is 4.77. The van der Waals surface area contributed by atoms with Gasteiger partial charge in [-0.3, -0.25) is 29.4 Å². The Hall–Kier alpha value is -3.20. The van der Waals surface area contributed by atoms with Gasteiger partial charge in [-0.2, -0.15) is 0 Å². The van der Waals surface area contributed by atoms with Crippen molar-refractivity contribution in [2.24, 2.45) is 11.7 Å². The molecule has 9 heteroatoms. The van der Waals surface area contributed by atoms with Gasteiger partial charge in [0.1, 0.15) is 11.8 Å². The Morgan fingerprint density at radius 3 is 2.70 bits per heavy atom. The number of carbonyl (C=O) groups excluding carboxylic acids is 4. The first kappa shape index (κ1) is 23.0. The molecule has 9 nitrogen and oxygen atoms in total. The number of hydrogen-bond donors (Lipinski definition) is 2. The molecule has 1 aromatic rings. The van der Waals surface area contributed by atoms with E-state index < -0.39 is 11.9 Å². The number of ether oxygens (including phenoxy) is 1. The SMILES string of the molecule is CC1CCN(CC(N)=CC(=O)COc2cccc3c2CN(C2CCC(=O)NC2=O)C3=O)CC1. The summed E-state index contributed by atoms with van der Waals surface area (Å²) >= 11 is 0. The topological polar surface area (TPSA) is 122 Å². The Bertz CT molecular complexity index is 997. The van der Waals surface area contributed by atoms with E-state index in [1.54, 1.807) is 18.2 Å². The van der Waals surface area contributed by atoms with Crippen LogP contribution in [0.1, 0.15) is 48.5 Å². The number of likely N-dealkylation sites (tertiary alicyclic amines) is 1. The smallest absolute Gasteiger partial charge is 0.255 e. The molecule has 3 N–H and O–H groups in total. The first-order valence-corrected chi connectivity index (χ1v) is 11.4. The van der Waals surface area contributed by atoms with Crippen molar-refractivity contribution in [3.63, 3.8) is 0 Å². The van der Waals surface area contributed by atoms with E-state index in [2.05, 4.69) is 17.1 Å². The molecule has 3 amide bonds. The molecule has 0 spiro atoms. The molecule has 3 heterocycles. The van der Waals surface area contributed by atoms with Crippen LogP contribution in [0.25, 0.3) is 0 Å². The average molecular weight is 455 g/mol. The largest absolute Gasteiger partial charge is 0.485 e. The lowest BCUT2D eigenvalue weighted by Gasteiger charge is -2.30. The Kier molecular flexibility index (Phi) is 6.78. The molecule has 3 aliphatic heterocycles. The van der Waals surface area contributed by atoms with Crippen molar-refractivity contribution in [2.75, 3.05) is 26.2 Å². The van der Waals surface area contributed by atoms with Gasteiger partial charge < -0.3 is 15.4 Å². The van der Waals surface area contributed by atoms with E-state index in [4.69, 9.17) is 10.5 Å². The van der Waals surface area contributed by atoms with Crippen LogP contribution in [0.3, 0.4) is 0 Å². The van der Waals surface area contributed by atoms with Crippen LogP contribution in [0.5, 0.6) is 5.75 Å². The zero-order valence-electron chi connectivity index (χ0n) is 18.8. The predicted molar refractivity (Wildman–Crippen MR) is 120 cm³/mol. The first-order chi connectivity index (χ1) is 15.8. The third-order valence-corrected chi connectivity index (χ3v) is 6.54. The number of fused-ring (bicyclic) bond motifs is 1. The summed E-state index contributed by atoms with van der Waals surface area (Å²) in [6.07, 6.45) is 4.18. The van der Waals surface area contributed by atoms with Crippen LogP contribution in [-0.2, 0) is 20.9 Å². The van der Waals surface area contributed by atoms with E-state index in [9.17, 15) is 19.2 Å². The molecule has 0 bridgehead atoms. The van der Waals surface area contributed by atoms with Crippen LogP contribution >= 0.6 is 0 Å². The van der Waals surface area contributed by atoms with Crippen LogP contribution in [-0.4, -0.2) is 65.6 Å². The Morgan fingerprint density at radius 1 is 1.21 bits per heavy atom. The highest BCUT2D eigenvalue weighted by Crippen LogP contribution is 2.33. The fourth-order valence-electron chi connectivity index (χ4n) is 4.61. The molecule has 0 saturated carbocycles. The maximum Gasteiger partial charge on any atom is 0.255 e. The standard InChI is InChI=1S/C24H30N4O5/c1-15-7-9-27(10-8-15)12-16(25)11-17(29)14-33-21-4-2-3-18-19(21)13-28(24(18)32)20-5-6-22(30)26-23(20)31/h2-4,11,15,20H,5-10,12-14,25H2,1H3,(H,26,30,31). The van der Waals surface area contributed by atoms with E-state index in [0.29, 0.717) is 35.5 Å². The minimum Gasteiger partial charge on any atom is -0.485 e. The van der Waals surface area contributed by atoms with Crippen molar-refractivity contribution in [1.82, 2.24) is 15.1 Å². The second-order valence-electron chi connectivity index (χ2n) is 9.12. The van der Waals surface area contributed by atoms with Gasteiger partial charge in [0.15, 0.2) is 12.4 Å². The highest BCUT2D eigenvalue weighted by Gasteiger charge is 2.40. The Balaban J connectivity index is 1.36. The maximum atomic E-state index is 12.9. The molecule has 4 rings (SSSR count). The summed E-state index contributed by atoms with van der Waals surface area (Å²) in [5.74, 6) is -0.162. The minimum atomic E-state index is -0.697. The first-order valence-electron chi connectivity index (χ1n) is 11.4. The number of benzene rings is 1. The summed E-state index contributed by atoms with van der Waals surface area (Å²) in [4.78, 5) is 52.7. The molecule has 2 fully saturated rings. The minimum absolute atomic E-state index is 0.191. The van der Waals surface area contributed by atoms with E-state index in [0.717, 1.165) is 31.8 Å². The highest BCUT2D eigenvalue weighted by molar-refractivity contribution is 6.05. The lowest BCUT2D eigenvalue weighted by molar-refractivity contribution is -0.136. The summed E-state index contributed by atoms with van der Waals surface area (Å²) in [6, 6.07) is 4.37. The third-order valence-electron chi connectivity index (χ3n) is 6.54. The van der Waals surface area contributed by atoms with Gasteiger partial charge in [0.2, 0.25) is 11.8 Å². The molecule has 0 radical (unpaired) electrons. The van der Waals surface area contributed by atoms with Gasteiger partial charge >= 0.3 is 0 Å². The number of nitrogens with one attached hydrogen (secondary N) is 1. The molecular weight excluding hydrogens is 424 g/mol. The van der Waals surface area contributed by atoms with Gasteiger partial charge in [0, 0.05) is 35.9 Å². The van der Waals surface area contributed by atoms with Crippen LogP contribution in [0.4, 0.5) is 0 Å². The summed E-state index contributed by atoms with van der Waals surface area (Å²) in [5, 5.41) is 2.29. The fourth-order valence-corrected chi connectivity index (χ4v) is 4.61. The van der Waals surface area contributed by atoms with Crippen LogP contribution in [0, 0.1) is 5.92 Å². The van der Waals surface area contributed by atoms with E-state index in [-0.39, 0.29) is 37.2 Å². The van der Waals surface area contributed by atoms with Crippen molar-refractivity contribution < 1.29 is 23.9 Å². The van der Waals surface area contributed by atoms with Crippen LogP contribution in [0.15, 0.2) is 30.0 Å². The van der Waals surface area contributed by atoms with Crippen molar-refractivity contribution in [3.05, 3.63) is 41.1 Å². The summed E-state index contributed by atoms with van der Waals surface area (Å²) < 4.78 is 5.75. The third kappa shape index (κ3) is 5.24.